The van der Waals surface area contributed by atoms with Crippen LogP contribution in [0.5, 0.6) is 0 Å². The highest BCUT2D eigenvalue weighted by molar-refractivity contribution is 7.90. The van der Waals surface area contributed by atoms with Crippen LogP contribution in [0.15, 0.2) is 35.4 Å². The van der Waals surface area contributed by atoms with E-state index < -0.39 is 21.6 Å². The van der Waals surface area contributed by atoms with Gasteiger partial charge in [-0.05, 0) is 24.1 Å². The van der Waals surface area contributed by atoms with Gasteiger partial charge < -0.3 is 9.88 Å². The Labute approximate surface area is 163 Å². The second kappa shape index (κ2) is 7.22. The predicted molar refractivity (Wildman–Crippen MR) is 104 cm³/mol. The van der Waals surface area contributed by atoms with Crippen molar-refractivity contribution in [2.24, 2.45) is 13.0 Å². The largest absolute Gasteiger partial charge is 0.345 e. The highest BCUT2D eigenvalue weighted by Gasteiger charge is 2.29. The maximum Gasteiger partial charge on any atom is 0.272 e. The van der Waals surface area contributed by atoms with Gasteiger partial charge in [-0.15, -0.1) is 0 Å². The van der Waals surface area contributed by atoms with Gasteiger partial charge in [0, 0.05) is 30.5 Å². The Morgan fingerprint density at radius 1 is 1.46 bits per heavy atom. The summed E-state index contributed by atoms with van der Waals surface area (Å²) in [5, 5.41) is 11.6. The molecule has 2 unspecified atom stereocenters. The van der Waals surface area contributed by atoms with Gasteiger partial charge in [-0.3, -0.25) is 4.79 Å². The number of nitriles is 1. The van der Waals surface area contributed by atoms with Gasteiger partial charge in [0.2, 0.25) is 0 Å². The Morgan fingerprint density at radius 3 is 2.82 bits per heavy atom. The molecule has 146 valence electrons. The van der Waals surface area contributed by atoms with E-state index in [0.717, 1.165) is 6.07 Å². The summed E-state index contributed by atoms with van der Waals surface area (Å²) in [4.78, 5) is 13.1. The molecule has 0 fully saturated rings. The van der Waals surface area contributed by atoms with Crippen LogP contribution in [0.25, 0.3) is 6.08 Å². The Bertz CT molecular complexity index is 1130. The van der Waals surface area contributed by atoms with Crippen molar-refractivity contribution in [3.05, 3.63) is 53.1 Å². The predicted octanol–water partition coefficient (Wildman–Crippen LogP) is 3.25. The molecule has 1 aliphatic rings. The average molecular weight is 401 g/mol. The Kier molecular flexibility index (Phi) is 5.10. The molecule has 1 aliphatic heterocycles. The Hall–Kier alpha value is -2.96. The van der Waals surface area contributed by atoms with E-state index in [0.29, 0.717) is 5.56 Å². The number of anilines is 1. The Morgan fingerprint density at radius 2 is 2.18 bits per heavy atom. The molecule has 0 radical (unpaired) electrons. The highest BCUT2D eigenvalue weighted by atomic mass is 32.2. The first-order valence-electron chi connectivity index (χ1n) is 8.58. The van der Waals surface area contributed by atoms with Crippen molar-refractivity contribution in [3.8, 4) is 6.07 Å². The molecule has 0 saturated carbocycles. The second-order valence-corrected chi connectivity index (χ2v) is 8.72. The minimum Gasteiger partial charge on any atom is -0.345 e. The van der Waals surface area contributed by atoms with Gasteiger partial charge in [-0.25, -0.2) is 18.1 Å². The van der Waals surface area contributed by atoms with Crippen LogP contribution in [0.3, 0.4) is 0 Å². The fourth-order valence-electron chi connectivity index (χ4n) is 3.02. The number of nitrogens with zero attached hydrogens (tertiary/aromatic N) is 2. The third kappa shape index (κ3) is 3.56. The van der Waals surface area contributed by atoms with E-state index in [1.165, 1.54) is 22.9 Å². The molecule has 2 heterocycles. The first-order valence-corrected chi connectivity index (χ1v) is 10.1. The molecule has 0 spiro atoms. The number of halogens is 1. The summed E-state index contributed by atoms with van der Waals surface area (Å²) in [6.45, 7) is 3.89. The van der Waals surface area contributed by atoms with Crippen molar-refractivity contribution in [3.63, 3.8) is 0 Å². The molecular formula is C19H20FN5O2S. The molecule has 2 aromatic rings. The average Bonchev–Trinajstić information content (AvgIpc) is 2.90. The van der Waals surface area contributed by atoms with Crippen LogP contribution >= 0.6 is 0 Å². The van der Waals surface area contributed by atoms with Gasteiger partial charge in [-0.2, -0.15) is 5.26 Å². The monoisotopic (exact) mass is 401 g/mol. The zero-order valence-electron chi connectivity index (χ0n) is 15.6. The van der Waals surface area contributed by atoms with E-state index in [1.54, 1.807) is 25.3 Å². The van der Waals surface area contributed by atoms with Crippen LogP contribution < -0.4 is 10.0 Å². The third-order valence-electron chi connectivity index (χ3n) is 4.54. The minimum atomic E-state index is -3.30. The van der Waals surface area contributed by atoms with Crippen LogP contribution in [-0.4, -0.2) is 20.7 Å². The maximum atomic E-state index is 13.5. The topological polar surface area (TPSA) is 111 Å². The number of hydrogen-bond acceptors (Lipinski definition) is 4. The van der Waals surface area contributed by atoms with Crippen LogP contribution in [0.1, 0.15) is 35.5 Å². The zero-order chi connectivity index (χ0) is 20.6. The summed E-state index contributed by atoms with van der Waals surface area (Å²) in [7, 11) is -1.68. The number of aromatic nitrogens is 1. The molecule has 1 aromatic carbocycles. The molecule has 3 N–H and O–H groups in total. The molecule has 0 bridgehead atoms. The van der Waals surface area contributed by atoms with Crippen LogP contribution in [-0.2, 0) is 17.0 Å². The number of hydrogen-bond donors (Lipinski definition) is 3. The molecule has 0 saturated heterocycles. The summed E-state index contributed by atoms with van der Waals surface area (Å²) in [5.74, 6) is -1.07. The summed E-state index contributed by atoms with van der Waals surface area (Å²) in [5.41, 5.74) is 0.709. The van der Waals surface area contributed by atoms with Gasteiger partial charge in [0.05, 0.1) is 10.5 Å². The molecular weight excluding hydrogens is 381 g/mol. The lowest BCUT2D eigenvalue weighted by Gasteiger charge is -2.18. The van der Waals surface area contributed by atoms with Gasteiger partial charge >= 0.3 is 0 Å². The van der Waals surface area contributed by atoms with Crippen molar-refractivity contribution in [1.82, 2.24) is 9.29 Å². The number of fused-ring (bicyclic) bond motifs is 1. The van der Waals surface area contributed by atoms with Crippen molar-refractivity contribution in [2.45, 2.75) is 24.8 Å². The van der Waals surface area contributed by atoms with E-state index in [2.05, 4.69) is 10.0 Å². The summed E-state index contributed by atoms with van der Waals surface area (Å²) in [6.07, 6.45) is 5.01. The third-order valence-corrected chi connectivity index (χ3v) is 6.09. The van der Waals surface area contributed by atoms with E-state index in [-0.39, 0.29) is 33.8 Å². The number of carbonyl (C=O) groups is 1. The number of nitrogens with one attached hydrogen (secondary N) is 3. The molecule has 0 aliphatic carbocycles. The molecule has 9 heteroatoms. The number of amides is 1. The lowest BCUT2D eigenvalue weighted by atomic mass is 10.0. The number of aryl methyl sites for hydroxylation is 1. The van der Waals surface area contributed by atoms with Crippen LogP contribution in [0, 0.1) is 27.8 Å². The maximum absolute atomic E-state index is 13.5. The van der Waals surface area contributed by atoms with Crippen LogP contribution in [0.4, 0.5) is 10.1 Å². The lowest BCUT2D eigenvalue weighted by Crippen LogP contribution is -2.35. The standard InChI is InChI=1S/C19H20FN5O2S/c1-11(2)16-7-5-14-17(28(22,27)24-16)10-25(3)18(14)19(26)23-13-4-6-15(20)12(8-13)9-21/h4-8,10-11,16H,1-3H3,(H,23,26)(H2,22,24,27). The normalized spacial score (nSPS) is 21.1. The smallest absolute Gasteiger partial charge is 0.272 e. The van der Waals surface area contributed by atoms with Gasteiger partial charge in [-0.1, -0.05) is 26.0 Å². The SMILES string of the molecule is CC(C)C1C=Cc2c(cn(C)c2C(=O)Nc2ccc(F)c(C#N)c2)S(=N)(=O)N1. The molecule has 3 rings (SSSR count). The number of rotatable bonds is 3. The van der Waals surface area contributed by atoms with E-state index >= 15 is 0 Å². The number of carbonyl (C=O) groups excluding carboxylic acids is 1. The molecule has 2 atom stereocenters. The van der Waals surface area contributed by atoms with Gasteiger partial charge in [0.15, 0.2) is 0 Å². The van der Waals surface area contributed by atoms with Crippen molar-refractivity contribution >= 4 is 27.6 Å². The summed E-state index contributed by atoms with van der Waals surface area (Å²) >= 11 is 0. The first-order chi connectivity index (χ1) is 13.1. The summed E-state index contributed by atoms with van der Waals surface area (Å²) in [6, 6.07) is 5.16. The second-order valence-electron chi connectivity index (χ2n) is 6.93. The molecule has 28 heavy (non-hydrogen) atoms. The van der Waals surface area contributed by atoms with Crippen molar-refractivity contribution in [2.75, 3.05) is 5.32 Å². The number of benzene rings is 1. The summed E-state index contributed by atoms with van der Waals surface area (Å²) < 4.78 is 39.0. The van der Waals surface area contributed by atoms with Gasteiger partial charge in [0.25, 0.3) is 5.91 Å². The van der Waals surface area contributed by atoms with Gasteiger partial charge in [0.1, 0.15) is 27.5 Å². The Balaban J connectivity index is 2.03. The lowest BCUT2D eigenvalue weighted by molar-refractivity contribution is 0.101. The fraction of sp³-hybridized carbons (Fsp3) is 0.263. The minimum absolute atomic E-state index is 0.112. The quantitative estimate of drug-likeness (QED) is 0.734. The highest BCUT2D eigenvalue weighted by Crippen LogP contribution is 2.28. The van der Waals surface area contributed by atoms with E-state index in [1.807, 2.05) is 13.8 Å². The van der Waals surface area contributed by atoms with E-state index in [4.69, 9.17) is 10.0 Å². The molecule has 7 nitrogen and oxygen atoms in total. The van der Waals surface area contributed by atoms with Crippen LogP contribution in [0.2, 0.25) is 0 Å². The van der Waals surface area contributed by atoms with Crippen molar-refractivity contribution in [1.29, 1.82) is 10.0 Å². The zero-order valence-corrected chi connectivity index (χ0v) is 16.4. The molecule has 1 amide bonds. The van der Waals surface area contributed by atoms with E-state index in [9.17, 15) is 13.4 Å². The van der Waals surface area contributed by atoms with Crippen molar-refractivity contribution < 1.29 is 13.4 Å². The fourth-order valence-corrected chi connectivity index (χ4v) is 4.66. The first kappa shape index (κ1) is 19.8. The molecule has 1 aromatic heterocycles.